The summed E-state index contributed by atoms with van der Waals surface area (Å²) in [6.07, 6.45) is 3.30. The summed E-state index contributed by atoms with van der Waals surface area (Å²) in [6, 6.07) is 11.4. The molecule has 0 saturated carbocycles. The molecule has 0 aliphatic heterocycles. The smallest absolute Gasteiger partial charge is 0.258 e. The Hall–Kier alpha value is -3.30. The summed E-state index contributed by atoms with van der Waals surface area (Å²) < 4.78 is 1.55. The third kappa shape index (κ3) is 3.57. The fourth-order valence-corrected chi connectivity index (χ4v) is 3.15. The zero-order chi connectivity index (χ0) is 19.7. The second-order valence-corrected chi connectivity index (χ2v) is 6.63. The van der Waals surface area contributed by atoms with Gasteiger partial charge in [-0.15, -0.1) is 10.2 Å². The van der Waals surface area contributed by atoms with E-state index in [2.05, 4.69) is 20.5 Å². The highest BCUT2D eigenvalue weighted by atomic mass is 35.5. The van der Waals surface area contributed by atoms with E-state index in [0.29, 0.717) is 33.7 Å². The van der Waals surface area contributed by atoms with E-state index in [4.69, 9.17) is 23.2 Å². The van der Waals surface area contributed by atoms with Crippen molar-refractivity contribution in [1.82, 2.24) is 30.0 Å². The van der Waals surface area contributed by atoms with Crippen LogP contribution in [0.5, 0.6) is 0 Å². The van der Waals surface area contributed by atoms with Crippen LogP contribution in [0.25, 0.3) is 17.1 Å². The van der Waals surface area contributed by atoms with Crippen molar-refractivity contribution in [3.05, 3.63) is 80.6 Å². The van der Waals surface area contributed by atoms with Crippen LogP contribution in [0.4, 0.5) is 5.69 Å². The normalized spacial score (nSPS) is 10.9. The maximum atomic E-state index is 10.7. The van der Waals surface area contributed by atoms with E-state index in [1.807, 2.05) is 0 Å². The molecule has 0 fully saturated rings. The van der Waals surface area contributed by atoms with Gasteiger partial charge in [0.25, 0.3) is 5.69 Å². The largest absolute Gasteiger partial charge is 0.269 e. The van der Waals surface area contributed by atoms with Crippen LogP contribution in [-0.2, 0) is 6.54 Å². The molecule has 9 nitrogen and oxygen atoms in total. The lowest BCUT2D eigenvalue weighted by Gasteiger charge is -2.05. The average molecular weight is 416 g/mol. The van der Waals surface area contributed by atoms with E-state index < -0.39 is 4.92 Å². The van der Waals surface area contributed by atoms with E-state index in [0.717, 1.165) is 5.56 Å². The molecule has 0 N–H and O–H groups in total. The van der Waals surface area contributed by atoms with Gasteiger partial charge in [-0.1, -0.05) is 41.4 Å². The van der Waals surface area contributed by atoms with Crippen LogP contribution in [0.2, 0.25) is 10.0 Å². The zero-order valence-corrected chi connectivity index (χ0v) is 15.6. The Morgan fingerprint density at radius 1 is 1.07 bits per heavy atom. The Balaban J connectivity index is 1.55. The number of rotatable bonds is 5. The molecule has 0 bridgehead atoms. The number of halogens is 2. The summed E-state index contributed by atoms with van der Waals surface area (Å²) in [5.74, 6) is 0.385. The molecule has 0 saturated heterocycles. The second kappa shape index (κ2) is 7.37. The minimum absolute atomic E-state index is 0.0293. The number of nitro benzene ring substituents is 1. The van der Waals surface area contributed by atoms with E-state index in [-0.39, 0.29) is 5.69 Å². The number of hydrogen-bond acceptors (Lipinski definition) is 6. The first-order valence-electron chi connectivity index (χ1n) is 8.02. The van der Waals surface area contributed by atoms with Crippen molar-refractivity contribution in [3.63, 3.8) is 0 Å². The topological polar surface area (TPSA) is 105 Å². The molecule has 0 aliphatic rings. The molecule has 2 heterocycles. The quantitative estimate of drug-likeness (QED) is 0.362. The number of para-hydroxylation sites is 1. The summed E-state index contributed by atoms with van der Waals surface area (Å²) in [4.78, 5) is 11.7. The molecule has 140 valence electrons. The molecule has 0 aliphatic carbocycles. The summed E-state index contributed by atoms with van der Waals surface area (Å²) in [5.41, 5.74) is 2.05. The molecule has 0 spiro atoms. The van der Waals surface area contributed by atoms with Gasteiger partial charge in [0.05, 0.1) is 33.3 Å². The maximum absolute atomic E-state index is 10.7. The summed E-state index contributed by atoms with van der Waals surface area (Å²) >= 11 is 12.4. The highest BCUT2D eigenvalue weighted by molar-refractivity contribution is 6.37. The molecule has 0 amide bonds. The van der Waals surface area contributed by atoms with Crippen molar-refractivity contribution in [2.45, 2.75) is 6.54 Å². The Labute approximate surface area is 168 Å². The van der Waals surface area contributed by atoms with Crippen molar-refractivity contribution in [2.75, 3.05) is 0 Å². The Morgan fingerprint density at radius 2 is 1.79 bits per heavy atom. The Morgan fingerprint density at radius 3 is 2.46 bits per heavy atom. The van der Waals surface area contributed by atoms with Crippen molar-refractivity contribution >= 4 is 28.9 Å². The fraction of sp³-hybridized carbons (Fsp3) is 0.0588. The predicted octanol–water partition coefficient (Wildman–Crippen LogP) is 3.79. The van der Waals surface area contributed by atoms with Crippen LogP contribution in [-0.4, -0.2) is 34.9 Å². The van der Waals surface area contributed by atoms with Crippen molar-refractivity contribution < 1.29 is 4.92 Å². The van der Waals surface area contributed by atoms with Crippen molar-refractivity contribution in [3.8, 4) is 17.1 Å². The lowest BCUT2D eigenvalue weighted by Crippen LogP contribution is -2.04. The van der Waals surface area contributed by atoms with E-state index >= 15 is 0 Å². The highest BCUT2D eigenvalue weighted by Gasteiger charge is 2.13. The number of nitro groups is 1. The number of tetrazole rings is 1. The first-order valence-corrected chi connectivity index (χ1v) is 8.77. The lowest BCUT2D eigenvalue weighted by atomic mass is 10.2. The van der Waals surface area contributed by atoms with Crippen LogP contribution in [0.1, 0.15) is 5.56 Å². The highest BCUT2D eigenvalue weighted by Crippen LogP contribution is 2.28. The van der Waals surface area contributed by atoms with Gasteiger partial charge in [0.15, 0.2) is 0 Å². The monoisotopic (exact) mass is 415 g/mol. The molecule has 0 atom stereocenters. The van der Waals surface area contributed by atoms with Crippen molar-refractivity contribution in [1.29, 1.82) is 0 Å². The van der Waals surface area contributed by atoms with Gasteiger partial charge < -0.3 is 0 Å². The first kappa shape index (κ1) is 18.1. The van der Waals surface area contributed by atoms with Crippen molar-refractivity contribution in [2.24, 2.45) is 0 Å². The van der Waals surface area contributed by atoms with Crippen LogP contribution in [0.3, 0.4) is 0 Å². The summed E-state index contributed by atoms with van der Waals surface area (Å²) in [5, 5.41) is 28.3. The molecule has 0 unspecified atom stereocenters. The van der Waals surface area contributed by atoms with E-state index in [1.165, 1.54) is 16.9 Å². The van der Waals surface area contributed by atoms with Crippen LogP contribution < -0.4 is 0 Å². The third-order valence-electron chi connectivity index (χ3n) is 3.93. The second-order valence-electron chi connectivity index (χ2n) is 5.81. The third-order valence-corrected chi connectivity index (χ3v) is 4.54. The number of aromatic nitrogens is 6. The maximum Gasteiger partial charge on any atom is 0.269 e. The van der Waals surface area contributed by atoms with Crippen LogP contribution in [0, 0.1) is 10.1 Å². The lowest BCUT2D eigenvalue weighted by molar-refractivity contribution is -0.384. The van der Waals surface area contributed by atoms with E-state index in [9.17, 15) is 10.1 Å². The summed E-state index contributed by atoms with van der Waals surface area (Å²) in [7, 11) is 0. The van der Waals surface area contributed by atoms with Gasteiger partial charge >= 0.3 is 0 Å². The minimum atomic E-state index is -0.446. The molecule has 4 aromatic rings. The molecule has 2 aromatic carbocycles. The molecule has 2 aromatic heterocycles. The van der Waals surface area contributed by atoms with Gasteiger partial charge in [0, 0.05) is 18.3 Å². The Kier molecular flexibility index (Phi) is 4.76. The first-order chi connectivity index (χ1) is 13.5. The molecule has 0 radical (unpaired) electrons. The average Bonchev–Trinajstić information content (AvgIpc) is 3.32. The number of benzene rings is 2. The van der Waals surface area contributed by atoms with Crippen LogP contribution in [0.15, 0.2) is 54.9 Å². The molecular formula is C17H11Cl2N7O2. The standard InChI is InChI=1S/C17H11Cl2N7O2/c18-14-2-1-3-15(19)16(14)24-10-12(8-20-24)17-21-23-25(22-17)9-11-4-6-13(7-5-11)26(27)28/h1-8,10H,9H2. The zero-order valence-electron chi connectivity index (χ0n) is 14.1. The predicted molar refractivity (Wildman–Crippen MR) is 103 cm³/mol. The fourth-order valence-electron chi connectivity index (χ4n) is 2.58. The van der Waals surface area contributed by atoms with Gasteiger partial charge in [0.2, 0.25) is 5.82 Å². The van der Waals surface area contributed by atoms with E-state index in [1.54, 1.807) is 47.4 Å². The molecule has 4 rings (SSSR count). The SMILES string of the molecule is O=[N+]([O-])c1ccc(Cn2nnc(-c3cnn(-c4c(Cl)cccc4Cl)c3)n2)cc1. The molecular weight excluding hydrogens is 405 g/mol. The van der Waals surface area contributed by atoms with Gasteiger partial charge in [-0.25, -0.2) is 4.68 Å². The number of hydrogen-bond donors (Lipinski definition) is 0. The van der Waals surface area contributed by atoms with Gasteiger partial charge in [-0.3, -0.25) is 10.1 Å². The number of nitrogens with zero attached hydrogens (tertiary/aromatic N) is 7. The molecule has 28 heavy (non-hydrogen) atoms. The summed E-state index contributed by atoms with van der Waals surface area (Å²) in [6.45, 7) is 0.329. The minimum Gasteiger partial charge on any atom is -0.258 e. The van der Waals surface area contributed by atoms with Gasteiger partial charge in [-0.05, 0) is 22.9 Å². The molecule has 11 heteroatoms. The number of non-ortho nitro benzene ring substituents is 1. The van der Waals surface area contributed by atoms with Gasteiger partial charge in [-0.2, -0.15) is 9.90 Å². The Bertz CT molecular complexity index is 1130. The van der Waals surface area contributed by atoms with Gasteiger partial charge in [0.1, 0.15) is 5.69 Å². The van der Waals surface area contributed by atoms with Crippen LogP contribution >= 0.6 is 23.2 Å².